The van der Waals surface area contributed by atoms with Crippen molar-refractivity contribution in [2.75, 3.05) is 13.1 Å². The number of urea groups is 1. The number of rotatable bonds is 5. The monoisotopic (exact) mass is 240 g/mol. The maximum Gasteiger partial charge on any atom is 0.314 e. The van der Waals surface area contributed by atoms with Gasteiger partial charge >= 0.3 is 6.03 Å². The Labute approximate surface area is 99.8 Å². The van der Waals surface area contributed by atoms with Crippen LogP contribution in [0.25, 0.3) is 0 Å². The van der Waals surface area contributed by atoms with Crippen LogP contribution < -0.4 is 10.6 Å². The Kier molecular flexibility index (Phi) is 5.42. The van der Waals surface area contributed by atoms with Crippen molar-refractivity contribution in [2.24, 2.45) is 0 Å². The van der Waals surface area contributed by atoms with Gasteiger partial charge in [-0.15, -0.1) is 0 Å². The Bertz CT molecular complexity index is 354. The van der Waals surface area contributed by atoms with Gasteiger partial charge in [-0.05, 0) is 24.1 Å². The van der Waals surface area contributed by atoms with E-state index in [1.165, 1.54) is 24.3 Å². The fourth-order valence-electron chi connectivity index (χ4n) is 1.29. The van der Waals surface area contributed by atoms with E-state index in [2.05, 4.69) is 10.6 Å². The van der Waals surface area contributed by atoms with Gasteiger partial charge in [0.05, 0.1) is 6.10 Å². The minimum Gasteiger partial charge on any atom is -0.387 e. The van der Waals surface area contributed by atoms with Gasteiger partial charge in [-0.1, -0.05) is 19.1 Å². The van der Waals surface area contributed by atoms with Crippen LogP contribution in [0.5, 0.6) is 0 Å². The maximum atomic E-state index is 12.6. The van der Waals surface area contributed by atoms with Crippen LogP contribution in [0.2, 0.25) is 0 Å². The molecule has 17 heavy (non-hydrogen) atoms. The van der Waals surface area contributed by atoms with Crippen molar-refractivity contribution >= 4 is 6.03 Å². The predicted molar refractivity (Wildman–Crippen MR) is 63.1 cm³/mol. The lowest BCUT2D eigenvalue weighted by Crippen LogP contribution is -2.38. The number of hydrogen-bond donors (Lipinski definition) is 3. The first-order chi connectivity index (χ1) is 8.13. The van der Waals surface area contributed by atoms with E-state index >= 15 is 0 Å². The largest absolute Gasteiger partial charge is 0.387 e. The number of carbonyl (C=O) groups excluding carboxylic acids is 1. The van der Waals surface area contributed by atoms with Gasteiger partial charge < -0.3 is 15.7 Å². The summed E-state index contributed by atoms with van der Waals surface area (Å²) in [5, 5.41) is 14.9. The number of nitrogens with one attached hydrogen (secondary N) is 2. The summed E-state index contributed by atoms with van der Waals surface area (Å²) in [5.41, 5.74) is 0.571. The summed E-state index contributed by atoms with van der Waals surface area (Å²) in [6.07, 6.45) is 0.0245. The number of aliphatic hydroxyl groups excluding tert-OH is 1. The molecule has 0 fully saturated rings. The van der Waals surface area contributed by atoms with E-state index in [4.69, 9.17) is 0 Å². The van der Waals surface area contributed by atoms with E-state index in [1.807, 2.05) is 6.92 Å². The Hall–Kier alpha value is -1.62. The number of amides is 2. The molecule has 1 aromatic carbocycles. The maximum absolute atomic E-state index is 12.6. The molecule has 0 aliphatic carbocycles. The number of benzene rings is 1. The summed E-state index contributed by atoms with van der Waals surface area (Å²) in [4.78, 5) is 11.2. The molecule has 1 aromatic rings. The highest BCUT2D eigenvalue weighted by atomic mass is 19.1. The molecule has 94 valence electrons. The van der Waals surface area contributed by atoms with E-state index in [1.54, 1.807) is 0 Å². The minimum atomic E-state index is -0.831. The van der Waals surface area contributed by atoms with Gasteiger partial charge in [-0.2, -0.15) is 0 Å². The highest BCUT2D eigenvalue weighted by Gasteiger charge is 2.08. The number of halogens is 1. The lowest BCUT2D eigenvalue weighted by Gasteiger charge is -2.12. The summed E-state index contributed by atoms with van der Waals surface area (Å²) in [7, 11) is 0. The van der Waals surface area contributed by atoms with Crippen LogP contribution in [-0.4, -0.2) is 24.2 Å². The van der Waals surface area contributed by atoms with Gasteiger partial charge in [0.15, 0.2) is 0 Å². The zero-order chi connectivity index (χ0) is 12.7. The molecule has 0 aliphatic rings. The Morgan fingerprint density at radius 2 is 2.00 bits per heavy atom. The molecule has 3 N–H and O–H groups in total. The Morgan fingerprint density at radius 3 is 2.59 bits per heavy atom. The highest BCUT2D eigenvalue weighted by Crippen LogP contribution is 2.12. The number of hydrogen-bond acceptors (Lipinski definition) is 2. The lowest BCUT2D eigenvalue weighted by atomic mass is 10.1. The third-order valence-corrected chi connectivity index (χ3v) is 2.25. The predicted octanol–water partition coefficient (Wildman–Crippen LogP) is 1.57. The number of carbonyl (C=O) groups is 1. The van der Waals surface area contributed by atoms with Gasteiger partial charge in [0.1, 0.15) is 5.82 Å². The zero-order valence-corrected chi connectivity index (χ0v) is 9.74. The lowest BCUT2D eigenvalue weighted by molar-refractivity contribution is 0.173. The standard InChI is InChI=1S/C12H17FN2O2/c1-2-7-14-12(17)15-8-11(16)9-3-5-10(13)6-4-9/h3-6,11,16H,2,7-8H2,1H3,(H2,14,15,17). The summed E-state index contributed by atoms with van der Waals surface area (Å²) in [6, 6.07) is 5.22. The molecule has 4 nitrogen and oxygen atoms in total. The van der Waals surface area contributed by atoms with Crippen molar-refractivity contribution in [3.8, 4) is 0 Å². The summed E-state index contributed by atoms with van der Waals surface area (Å²) < 4.78 is 12.6. The second kappa shape index (κ2) is 6.85. The third kappa shape index (κ3) is 4.82. The molecule has 0 aromatic heterocycles. The van der Waals surface area contributed by atoms with Gasteiger partial charge in [0.25, 0.3) is 0 Å². The molecule has 1 atom stereocenters. The molecule has 5 heteroatoms. The van der Waals surface area contributed by atoms with E-state index in [9.17, 15) is 14.3 Å². The summed E-state index contributed by atoms with van der Waals surface area (Å²) >= 11 is 0. The molecule has 0 aliphatic heterocycles. The van der Waals surface area contributed by atoms with Gasteiger partial charge in [-0.25, -0.2) is 9.18 Å². The molecule has 2 amide bonds. The molecule has 0 saturated carbocycles. The van der Waals surface area contributed by atoms with Crippen LogP contribution in [-0.2, 0) is 0 Å². The SMILES string of the molecule is CCCNC(=O)NCC(O)c1ccc(F)cc1. The molecule has 0 spiro atoms. The summed E-state index contributed by atoms with van der Waals surface area (Å²) in [5.74, 6) is -0.352. The quantitative estimate of drug-likeness (QED) is 0.731. The normalized spacial score (nSPS) is 11.9. The first-order valence-corrected chi connectivity index (χ1v) is 5.58. The van der Waals surface area contributed by atoms with Crippen LogP contribution >= 0.6 is 0 Å². The first kappa shape index (κ1) is 13.4. The van der Waals surface area contributed by atoms with Crippen molar-refractivity contribution < 1.29 is 14.3 Å². The van der Waals surface area contributed by atoms with Crippen LogP contribution in [0, 0.1) is 5.82 Å². The topological polar surface area (TPSA) is 61.4 Å². The van der Waals surface area contributed by atoms with Gasteiger partial charge in [0.2, 0.25) is 0 Å². The fourth-order valence-corrected chi connectivity index (χ4v) is 1.29. The highest BCUT2D eigenvalue weighted by molar-refractivity contribution is 5.73. The van der Waals surface area contributed by atoms with Crippen molar-refractivity contribution in [1.29, 1.82) is 0 Å². The molecule has 0 saturated heterocycles. The zero-order valence-electron chi connectivity index (χ0n) is 9.74. The number of aliphatic hydroxyl groups is 1. The van der Waals surface area contributed by atoms with Crippen molar-refractivity contribution in [1.82, 2.24) is 10.6 Å². The average Bonchev–Trinajstić information content (AvgIpc) is 2.34. The van der Waals surface area contributed by atoms with E-state index in [0.29, 0.717) is 12.1 Å². The molecular formula is C12H17FN2O2. The second-order valence-corrected chi connectivity index (χ2v) is 3.70. The van der Waals surface area contributed by atoms with Crippen LogP contribution in [0.3, 0.4) is 0 Å². The molecule has 0 heterocycles. The molecule has 0 bridgehead atoms. The smallest absolute Gasteiger partial charge is 0.314 e. The van der Waals surface area contributed by atoms with Gasteiger partial charge in [0, 0.05) is 13.1 Å². The van der Waals surface area contributed by atoms with E-state index in [0.717, 1.165) is 6.42 Å². The van der Waals surface area contributed by atoms with Crippen molar-refractivity contribution in [3.05, 3.63) is 35.6 Å². The van der Waals surface area contributed by atoms with Crippen molar-refractivity contribution in [2.45, 2.75) is 19.4 Å². The van der Waals surface area contributed by atoms with E-state index < -0.39 is 6.10 Å². The van der Waals surface area contributed by atoms with Gasteiger partial charge in [-0.3, -0.25) is 0 Å². The van der Waals surface area contributed by atoms with Crippen molar-refractivity contribution in [3.63, 3.8) is 0 Å². The molecule has 1 rings (SSSR count). The van der Waals surface area contributed by atoms with E-state index in [-0.39, 0.29) is 18.4 Å². The Morgan fingerprint density at radius 1 is 1.35 bits per heavy atom. The summed E-state index contributed by atoms with van der Waals surface area (Å²) in [6.45, 7) is 2.65. The second-order valence-electron chi connectivity index (χ2n) is 3.70. The minimum absolute atomic E-state index is 0.0984. The third-order valence-electron chi connectivity index (χ3n) is 2.25. The molecular weight excluding hydrogens is 223 g/mol. The fraction of sp³-hybridized carbons (Fsp3) is 0.417. The first-order valence-electron chi connectivity index (χ1n) is 5.58. The molecule has 0 radical (unpaired) electrons. The average molecular weight is 240 g/mol. The van der Waals surface area contributed by atoms with Crippen LogP contribution in [0.1, 0.15) is 25.0 Å². The molecule has 1 unspecified atom stereocenters. The Balaban J connectivity index is 2.36. The van der Waals surface area contributed by atoms with Crippen LogP contribution in [0.4, 0.5) is 9.18 Å². The van der Waals surface area contributed by atoms with Crippen LogP contribution in [0.15, 0.2) is 24.3 Å².